The van der Waals surface area contributed by atoms with Gasteiger partial charge in [-0.2, -0.15) is 5.10 Å². The van der Waals surface area contributed by atoms with Gasteiger partial charge < -0.3 is 9.47 Å². The molecule has 0 spiro atoms. The molecule has 0 unspecified atom stereocenters. The van der Waals surface area contributed by atoms with Crippen molar-refractivity contribution in [3.05, 3.63) is 45.9 Å². The maximum Gasteiger partial charge on any atom is 0.267 e. The summed E-state index contributed by atoms with van der Waals surface area (Å²) >= 11 is 0. The van der Waals surface area contributed by atoms with Crippen molar-refractivity contribution >= 4 is 10.0 Å². The zero-order valence-electron chi connectivity index (χ0n) is 14.8. The zero-order valence-corrected chi connectivity index (χ0v) is 15.6. The first-order valence-electron chi connectivity index (χ1n) is 9.02. The van der Waals surface area contributed by atoms with Crippen molar-refractivity contribution in [1.82, 2.24) is 14.5 Å². The highest BCUT2D eigenvalue weighted by Crippen LogP contribution is 2.32. The fourth-order valence-electron chi connectivity index (χ4n) is 3.32. The molecule has 2 aromatic rings. The van der Waals surface area contributed by atoms with E-state index in [0.717, 1.165) is 36.9 Å². The summed E-state index contributed by atoms with van der Waals surface area (Å²) in [4.78, 5) is 12.3. The first-order valence-corrected chi connectivity index (χ1v) is 10.5. The second kappa shape index (κ2) is 7.32. The molecule has 144 valence electrons. The summed E-state index contributed by atoms with van der Waals surface area (Å²) in [6.07, 6.45) is 3.89. The van der Waals surface area contributed by atoms with Crippen molar-refractivity contribution in [2.75, 3.05) is 19.8 Å². The van der Waals surface area contributed by atoms with Gasteiger partial charge in [0.15, 0.2) is 11.5 Å². The highest BCUT2D eigenvalue weighted by molar-refractivity contribution is 7.89. The largest absolute Gasteiger partial charge is 0.486 e. The molecule has 0 saturated heterocycles. The Hall–Kier alpha value is -2.39. The van der Waals surface area contributed by atoms with Crippen LogP contribution in [0, 0.1) is 0 Å². The van der Waals surface area contributed by atoms with E-state index in [1.807, 2.05) is 0 Å². The normalized spacial score (nSPS) is 16.0. The van der Waals surface area contributed by atoms with E-state index in [1.165, 1.54) is 16.8 Å². The Morgan fingerprint density at radius 2 is 1.85 bits per heavy atom. The van der Waals surface area contributed by atoms with E-state index in [0.29, 0.717) is 24.7 Å². The molecule has 0 atom stereocenters. The maximum absolute atomic E-state index is 12.5. The van der Waals surface area contributed by atoms with Crippen LogP contribution in [0.2, 0.25) is 0 Å². The smallest absolute Gasteiger partial charge is 0.267 e. The van der Waals surface area contributed by atoms with Crippen LogP contribution in [0.1, 0.15) is 24.1 Å². The lowest BCUT2D eigenvalue weighted by molar-refractivity contribution is 0.171. The van der Waals surface area contributed by atoms with Crippen molar-refractivity contribution in [2.45, 2.75) is 37.1 Å². The molecule has 1 aliphatic carbocycles. The van der Waals surface area contributed by atoms with Crippen LogP contribution in [-0.2, 0) is 29.4 Å². The minimum Gasteiger partial charge on any atom is -0.486 e. The zero-order chi connectivity index (χ0) is 18.9. The van der Waals surface area contributed by atoms with Gasteiger partial charge in [0.05, 0.1) is 17.1 Å². The molecule has 1 aromatic heterocycles. The number of sulfonamides is 1. The van der Waals surface area contributed by atoms with Gasteiger partial charge in [0.1, 0.15) is 13.2 Å². The lowest BCUT2D eigenvalue weighted by Crippen LogP contribution is -2.33. The van der Waals surface area contributed by atoms with Gasteiger partial charge in [0, 0.05) is 18.7 Å². The second-order valence-corrected chi connectivity index (χ2v) is 8.35. The molecule has 0 radical (unpaired) electrons. The van der Waals surface area contributed by atoms with E-state index in [2.05, 4.69) is 9.82 Å². The van der Waals surface area contributed by atoms with Gasteiger partial charge in [-0.1, -0.05) is 0 Å². The van der Waals surface area contributed by atoms with Gasteiger partial charge >= 0.3 is 0 Å². The first kappa shape index (κ1) is 18.0. The molecule has 27 heavy (non-hydrogen) atoms. The number of nitrogens with zero attached hydrogens (tertiary/aromatic N) is 2. The van der Waals surface area contributed by atoms with Crippen LogP contribution in [0.3, 0.4) is 0 Å². The average molecular weight is 391 g/mol. The fourth-order valence-corrected chi connectivity index (χ4v) is 4.36. The van der Waals surface area contributed by atoms with Crippen molar-refractivity contribution in [2.24, 2.45) is 0 Å². The van der Waals surface area contributed by atoms with E-state index in [1.54, 1.807) is 12.1 Å². The number of rotatable bonds is 5. The number of benzene rings is 1. The number of hydrogen-bond donors (Lipinski definition) is 1. The SMILES string of the molecule is O=c1cc2c(nn1CCNS(=O)(=O)c1ccc3c(c1)OCCO3)CCCC2. The molecule has 1 aromatic carbocycles. The Morgan fingerprint density at radius 3 is 2.70 bits per heavy atom. The predicted molar refractivity (Wildman–Crippen MR) is 97.8 cm³/mol. The summed E-state index contributed by atoms with van der Waals surface area (Å²) in [7, 11) is -3.72. The number of fused-ring (bicyclic) bond motifs is 2. The van der Waals surface area contributed by atoms with E-state index in [-0.39, 0.29) is 23.5 Å². The molecule has 8 nitrogen and oxygen atoms in total. The molecule has 0 amide bonds. The van der Waals surface area contributed by atoms with Crippen LogP contribution >= 0.6 is 0 Å². The molecule has 0 saturated carbocycles. The van der Waals surface area contributed by atoms with Gasteiger partial charge in [0.25, 0.3) is 5.56 Å². The minimum atomic E-state index is -3.72. The van der Waals surface area contributed by atoms with E-state index >= 15 is 0 Å². The van der Waals surface area contributed by atoms with Gasteiger partial charge in [0.2, 0.25) is 10.0 Å². The summed E-state index contributed by atoms with van der Waals surface area (Å²) in [6.45, 7) is 1.08. The first-order chi connectivity index (χ1) is 13.0. The lowest BCUT2D eigenvalue weighted by Gasteiger charge is -2.19. The highest BCUT2D eigenvalue weighted by atomic mass is 32.2. The molecular formula is C18H21N3O5S. The van der Waals surface area contributed by atoms with Gasteiger partial charge in [-0.3, -0.25) is 4.79 Å². The number of aryl methyl sites for hydroxylation is 2. The predicted octanol–water partition coefficient (Wildman–Crippen LogP) is 0.872. The van der Waals surface area contributed by atoms with Crippen molar-refractivity contribution in [3.63, 3.8) is 0 Å². The van der Waals surface area contributed by atoms with Crippen LogP contribution in [0.25, 0.3) is 0 Å². The third-order valence-electron chi connectivity index (χ3n) is 4.71. The highest BCUT2D eigenvalue weighted by Gasteiger charge is 2.19. The quantitative estimate of drug-likeness (QED) is 0.812. The summed E-state index contributed by atoms with van der Waals surface area (Å²) in [5.41, 5.74) is 1.75. The van der Waals surface area contributed by atoms with Gasteiger partial charge in [-0.15, -0.1) is 0 Å². The number of nitrogens with one attached hydrogen (secondary N) is 1. The third kappa shape index (κ3) is 3.84. The van der Waals surface area contributed by atoms with Crippen LogP contribution in [-0.4, -0.2) is 38.0 Å². The van der Waals surface area contributed by atoms with Crippen LogP contribution in [0.5, 0.6) is 11.5 Å². The Balaban J connectivity index is 1.45. The summed E-state index contributed by atoms with van der Waals surface area (Å²) in [6, 6.07) is 6.12. The van der Waals surface area contributed by atoms with Crippen molar-refractivity contribution < 1.29 is 17.9 Å². The van der Waals surface area contributed by atoms with E-state index < -0.39 is 10.0 Å². The summed E-state index contributed by atoms with van der Waals surface area (Å²) < 4.78 is 39.7. The molecule has 0 bridgehead atoms. The van der Waals surface area contributed by atoms with Crippen LogP contribution in [0.15, 0.2) is 34.0 Å². The third-order valence-corrected chi connectivity index (χ3v) is 6.17. The maximum atomic E-state index is 12.5. The van der Waals surface area contributed by atoms with Crippen LogP contribution < -0.4 is 19.8 Å². The second-order valence-electron chi connectivity index (χ2n) is 6.59. The molecule has 1 aliphatic heterocycles. The fraction of sp³-hybridized carbons (Fsp3) is 0.444. The topological polar surface area (TPSA) is 99.5 Å². The molecule has 2 aliphatic rings. The minimum absolute atomic E-state index is 0.0719. The van der Waals surface area contributed by atoms with Crippen LogP contribution in [0.4, 0.5) is 0 Å². The Morgan fingerprint density at radius 1 is 1.07 bits per heavy atom. The summed E-state index contributed by atoms with van der Waals surface area (Å²) in [5.74, 6) is 0.946. The van der Waals surface area contributed by atoms with Gasteiger partial charge in [-0.05, 0) is 43.4 Å². The van der Waals surface area contributed by atoms with E-state index in [4.69, 9.17) is 9.47 Å². The monoisotopic (exact) mass is 391 g/mol. The number of aromatic nitrogens is 2. The molecule has 9 heteroatoms. The lowest BCUT2D eigenvalue weighted by atomic mass is 9.97. The molecule has 1 N–H and O–H groups in total. The van der Waals surface area contributed by atoms with E-state index in [9.17, 15) is 13.2 Å². The molecule has 2 heterocycles. The average Bonchev–Trinajstić information content (AvgIpc) is 2.68. The molecule has 4 rings (SSSR count). The molecular weight excluding hydrogens is 370 g/mol. The van der Waals surface area contributed by atoms with Gasteiger partial charge in [-0.25, -0.2) is 17.8 Å². The Kier molecular flexibility index (Phi) is 4.88. The Labute approximate surface area is 157 Å². The van der Waals surface area contributed by atoms with Crippen molar-refractivity contribution in [3.8, 4) is 11.5 Å². The molecule has 0 fully saturated rings. The van der Waals surface area contributed by atoms with Crippen molar-refractivity contribution in [1.29, 1.82) is 0 Å². The Bertz CT molecular complexity index is 1020. The standard InChI is InChI=1S/C18H21N3O5S/c22-18-11-13-3-1-2-4-15(13)20-21(18)8-7-19-27(23,24)14-5-6-16-17(12-14)26-10-9-25-16/h5-6,11-12,19H,1-4,7-10H2. The number of hydrogen-bond acceptors (Lipinski definition) is 6. The number of ether oxygens (including phenoxy) is 2. The summed E-state index contributed by atoms with van der Waals surface area (Å²) in [5, 5.41) is 4.40.